The molecule has 0 heterocycles. The van der Waals surface area contributed by atoms with E-state index in [4.69, 9.17) is 0 Å². The van der Waals surface area contributed by atoms with Crippen molar-refractivity contribution in [2.75, 3.05) is 0 Å². The monoisotopic (exact) mass is 510 g/mol. The van der Waals surface area contributed by atoms with Gasteiger partial charge in [-0.1, -0.05) is 124 Å². The average Bonchev–Trinajstić information content (AvgIpc) is 2.97. The Morgan fingerprint density at radius 1 is 0.553 bits per heavy atom. The maximum Gasteiger partial charge on any atom is 0.176 e. The molecule has 0 aliphatic carbocycles. The lowest BCUT2D eigenvalue weighted by atomic mass is 9.68. The van der Waals surface area contributed by atoms with Gasteiger partial charge in [-0.3, -0.25) is 14.4 Å². The van der Waals surface area contributed by atoms with Crippen LogP contribution in [0.3, 0.4) is 0 Å². The van der Waals surface area contributed by atoms with Crippen LogP contribution in [0.2, 0.25) is 0 Å². The first-order chi connectivity index (χ1) is 18.6. The molecule has 0 aromatic heterocycles. The predicted octanol–water partition coefficient (Wildman–Crippen LogP) is 8.86. The van der Waals surface area contributed by atoms with E-state index in [0.717, 1.165) is 38.5 Å². The Balaban J connectivity index is 1.58. The van der Waals surface area contributed by atoms with E-state index in [1.54, 1.807) is 0 Å². The first-order valence-electron chi connectivity index (χ1n) is 14.3. The number of aryl methyl sites for hydroxylation is 1. The molecule has 0 atom stereocenters. The second kappa shape index (κ2) is 15.8. The van der Waals surface area contributed by atoms with Crippen LogP contribution in [0.15, 0.2) is 91.0 Å². The largest absolute Gasteiger partial charge is 0.300 e. The third kappa shape index (κ3) is 8.62. The van der Waals surface area contributed by atoms with Gasteiger partial charge in [-0.25, -0.2) is 0 Å². The molecule has 0 saturated heterocycles. The summed E-state index contributed by atoms with van der Waals surface area (Å²) in [7, 11) is 0. The topological polar surface area (TPSA) is 51.2 Å². The van der Waals surface area contributed by atoms with Crippen molar-refractivity contribution in [2.45, 2.75) is 84.0 Å². The van der Waals surface area contributed by atoms with E-state index < -0.39 is 5.41 Å². The Morgan fingerprint density at radius 3 is 1.55 bits per heavy atom. The van der Waals surface area contributed by atoms with Crippen molar-refractivity contribution in [1.82, 2.24) is 0 Å². The van der Waals surface area contributed by atoms with Gasteiger partial charge in [-0.05, 0) is 44.1 Å². The van der Waals surface area contributed by atoms with Gasteiger partial charge in [0.05, 0.1) is 5.41 Å². The van der Waals surface area contributed by atoms with Crippen molar-refractivity contribution >= 4 is 17.3 Å². The fourth-order valence-corrected chi connectivity index (χ4v) is 5.24. The van der Waals surface area contributed by atoms with Crippen LogP contribution in [-0.4, -0.2) is 17.3 Å². The Hall–Kier alpha value is -3.33. The first-order valence-corrected chi connectivity index (χ1v) is 14.3. The Labute approximate surface area is 228 Å². The standard InChI is InChI=1S/C35H42O3/c1-2-3-27-35(33(37)30-21-11-6-12-22-30,34(38)31-23-13-7-14-24-31)28-17-16-26-32(36)25-15-5-10-20-29-18-8-4-9-19-29/h4,6-9,11-14,18-19,21-24H,2-3,5,10,15-17,20,25-28H2,1H3. The number of ketones is 3. The summed E-state index contributed by atoms with van der Waals surface area (Å²) in [4.78, 5) is 40.4. The van der Waals surface area contributed by atoms with E-state index in [2.05, 4.69) is 31.2 Å². The Kier molecular flexibility index (Phi) is 12.2. The summed E-state index contributed by atoms with van der Waals surface area (Å²) >= 11 is 0. The summed E-state index contributed by atoms with van der Waals surface area (Å²) in [5.74, 6) is 0.0999. The third-order valence-electron chi connectivity index (χ3n) is 7.47. The quantitative estimate of drug-likeness (QED) is 0.0975. The van der Waals surface area contributed by atoms with Crippen LogP contribution in [0.1, 0.15) is 104 Å². The zero-order chi connectivity index (χ0) is 27.1. The minimum Gasteiger partial charge on any atom is -0.300 e. The van der Waals surface area contributed by atoms with E-state index in [1.807, 2.05) is 66.7 Å². The molecule has 0 N–H and O–H groups in total. The number of unbranched alkanes of at least 4 members (excludes halogenated alkanes) is 4. The van der Waals surface area contributed by atoms with E-state index in [1.165, 1.54) is 5.56 Å². The molecule has 3 heteroatoms. The van der Waals surface area contributed by atoms with Crippen LogP contribution >= 0.6 is 0 Å². The van der Waals surface area contributed by atoms with Gasteiger partial charge >= 0.3 is 0 Å². The Morgan fingerprint density at radius 2 is 1.03 bits per heavy atom. The molecule has 0 amide bonds. The zero-order valence-corrected chi connectivity index (χ0v) is 22.9. The molecule has 0 bridgehead atoms. The van der Waals surface area contributed by atoms with Crippen LogP contribution in [0, 0.1) is 5.41 Å². The Bertz CT molecular complexity index is 1070. The van der Waals surface area contributed by atoms with Crippen LogP contribution in [0.5, 0.6) is 0 Å². The SMILES string of the molecule is CCCCC(CCCCC(=O)CCCCCc1ccccc1)(C(=O)c1ccccc1)C(=O)c1ccccc1. The fraction of sp³-hybridized carbons (Fsp3) is 0.400. The fourth-order valence-electron chi connectivity index (χ4n) is 5.24. The zero-order valence-electron chi connectivity index (χ0n) is 22.9. The molecule has 3 aromatic carbocycles. The minimum absolute atomic E-state index is 0.0925. The molecular formula is C35H42O3. The summed E-state index contributed by atoms with van der Waals surface area (Å²) < 4.78 is 0. The normalized spacial score (nSPS) is 11.3. The molecule has 0 radical (unpaired) electrons. The number of carbonyl (C=O) groups excluding carboxylic acids is 3. The van der Waals surface area contributed by atoms with Gasteiger partial charge < -0.3 is 0 Å². The summed E-state index contributed by atoms with van der Waals surface area (Å²) in [6.07, 6.45) is 9.36. The first kappa shape index (κ1) is 29.2. The van der Waals surface area contributed by atoms with Gasteiger partial charge in [0.25, 0.3) is 0 Å². The van der Waals surface area contributed by atoms with Crippen molar-refractivity contribution < 1.29 is 14.4 Å². The van der Waals surface area contributed by atoms with Crippen molar-refractivity contribution in [1.29, 1.82) is 0 Å². The molecule has 3 nitrogen and oxygen atoms in total. The van der Waals surface area contributed by atoms with Gasteiger partial charge in [-0.2, -0.15) is 0 Å². The number of carbonyl (C=O) groups is 3. The summed E-state index contributed by atoms with van der Waals surface area (Å²) in [5.41, 5.74) is 1.42. The van der Waals surface area contributed by atoms with Crippen LogP contribution in [0.4, 0.5) is 0 Å². The molecule has 3 aromatic rings. The highest BCUT2D eigenvalue weighted by Crippen LogP contribution is 2.39. The predicted molar refractivity (Wildman–Crippen MR) is 156 cm³/mol. The van der Waals surface area contributed by atoms with E-state index in [0.29, 0.717) is 49.7 Å². The molecule has 0 fully saturated rings. The lowest BCUT2D eigenvalue weighted by Gasteiger charge is -2.31. The molecule has 0 spiro atoms. The second-order valence-electron chi connectivity index (χ2n) is 10.4. The molecule has 38 heavy (non-hydrogen) atoms. The number of hydrogen-bond donors (Lipinski definition) is 0. The summed E-state index contributed by atoms with van der Waals surface area (Å²) in [6, 6.07) is 28.9. The molecule has 0 saturated carbocycles. The molecule has 3 rings (SSSR count). The van der Waals surface area contributed by atoms with Gasteiger partial charge in [0.15, 0.2) is 11.6 Å². The van der Waals surface area contributed by atoms with Gasteiger partial charge in [0.1, 0.15) is 5.78 Å². The van der Waals surface area contributed by atoms with Crippen LogP contribution < -0.4 is 0 Å². The average molecular weight is 511 g/mol. The van der Waals surface area contributed by atoms with Crippen molar-refractivity contribution in [3.8, 4) is 0 Å². The summed E-state index contributed by atoms with van der Waals surface area (Å²) in [5, 5.41) is 0. The maximum absolute atomic E-state index is 13.9. The second-order valence-corrected chi connectivity index (χ2v) is 10.4. The number of hydrogen-bond acceptors (Lipinski definition) is 3. The number of rotatable bonds is 18. The highest BCUT2D eigenvalue weighted by Gasteiger charge is 2.44. The highest BCUT2D eigenvalue weighted by molar-refractivity contribution is 6.19. The molecule has 200 valence electrons. The smallest absolute Gasteiger partial charge is 0.176 e. The minimum atomic E-state index is -1.10. The third-order valence-corrected chi connectivity index (χ3v) is 7.47. The van der Waals surface area contributed by atoms with Gasteiger partial charge in [-0.15, -0.1) is 0 Å². The number of Topliss-reactive ketones (excluding diaryl/α,β-unsaturated/α-hetero) is 3. The van der Waals surface area contributed by atoms with Crippen LogP contribution in [0.25, 0.3) is 0 Å². The molecule has 0 aliphatic heterocycles. The maximum atomic E-state index is 13.9. The van der Waals surface area contributed by atoms with E-state index in [-0.39, 0.29) is 17.3 Å². The lowest BCUT2D eigenvalue weighted by Crippen LogP contribution is -2.40. The summed E-state index contributed by atoms with van der Waals surface area (Å²) in [6.45, 7) is 2.09. The lowest BCUT2D eigenvalue weighted by molar-refractivity contribution is -0.119. The number of benzene rings is 3. The molecule has 0 aliphatic rings. The molecular weight excluding hydrogens is 468 g/mol. The van der Waals surface area contributed by atoms with E-state index in [9.17, 15) is 14.4 Å². The van der Waals surface area contributed by atoms with Crippen molar-refractivity contribution in [3.63, 3.8) is 0 Å². The van der Waals surface area contributed by atoms with E-state index >= 15 is 0 Å². The van der Waals surface area contributed by atoms with Crippen molar-refractivity contribution in [2.24, 2.45) is 5.41 Å². The highest BCUT2D eigenvalue weighted by atomic mass is 16.2. The van der Waals surface area contributed by atoms with Crippen molar-refractivity contribution in [3.05, 3.63) is 108 Å². The van der Waals surface area contributed by atoms with Gasteiger partial charge in [0, 0.05) is 24.0 Å². The molecule has 0 unspecified atom stereocenters. The van der Waals surface area contributed by atoms with Crippen LogP contribution in [-0.2, 0) is 11.2 Å². The van der Waals surface area contributed by atoms with Gasteiger partial charge in [0.2, 0.25) is 0 Å².